The van der Waals surface area contributed by atoms with Crippen molar-refractivity contribution in [3.63, 3.8) is 0 Å². The maximum Gasteiger partial charge on any atom is 0.177 e. The van der Waals surface area contributed by atoms with Crippen LogP contribution in [-0.2, 0) is 9.84 Å². The normalized spacial score (nSPS) is 34.4. The molecule has 0 heterocycles. The van der Waals surface area contributed by atoms with Gasteiger partial charge in [0.15, 0.2) is 9.84 Å². The second-order valence-corrected chi connectivity index (χ2v) is 9.97. The van der Waals surface area contributed by atoms with Crippen LogP contribution < -0.4 is 0 Å². The van der Waals surface area contributed by atoms with E-state index in [-0.39, 0.29) is 0 Å². The second-order valence-electron chi connectivity index (χ2n) is 7.51. The zero-order chi connectivity index (χ0) is 17.4. The molecule has 0 radical (unpaired) electrons. The fourth-order valence-electron chi connectivity index (χ4n) is 4.86. The largest absolute Gasteiger partial charge is 0.226 e. The van der Waals surface area contributed by atoms with E-state index in [0.717, 1.165) is 49.7 Å². The molecule has 0 spiro atoms. The number of hydrogen-bond donors (Lipinski definition) is 0. The van der Waals surface area contributed by atoms with Crippen LogP contribution in [-0.4, -0.2) is 17.9 Å². The Labute approximate surface area is 151 Å². The van der Waals surface area contributed by atoms with E-state index in [2.05, 4.69) is 12.2 Å². The predicted octanol–water partition coefficient (Wildman–Crippen LogP) is 5.13. The molecule has 0 aromatic heterocycles. The molecule has 4 aliphatic carbocycles. The summed E-state index contributed by atoms with van der Waals surface area (Å²) in [5.74, 6) is 0. The fourth-order valence-corrected chi connectivity index (χ4v) is 7.71. The van der Waals surface area contributed by atoms with Crippen LogP contribution in [0.5, 0.6) is 0 Å². The summed E-state index contributed by atoms with van der Waals surface area (Å²) in [6, 6.07) is 0. The first-order valence-electron chi connectivity index (χ1n) is 9.44. The van der Waals surface area contributed by atoms with Gasteiger partial charge in [-0.25, -0.2) is 8.42 Å². The van der Waals surface area contributed by atoms with Crippen LogP contribution in [0.3, 0.4) is 0 Å². The fraction of sp³-hybridized carbons (Fsp3) is 0.455. The summed E-state index contributed by atoms with van der Waals surface area (Å²) in [4.78, 5) is 0. The van der Waals surface area contributed by atoms with Crippen molar-refractivity contribution in [2.24, 2.45) is 0 Å². The summed E-state index contributed by atoms with van der Waals surface area (Å²) < 4.78 is 26.9. The van der Waals surface area contributed by atoms with E-state index < -0.39 is 19.3 Å². The summed E-state index contributed by atoms with van der Waals surface area (Å²) >= 11 is 0. The van der Waals surface area contributed by atoms with Crippen LogP contribution in [0.4, 0.5) is 0 Å². The zero-order valence-corrected chi connectivity index (χ0v) is 15.5. The van der Waals surface area contributed by atoms with Gasteiger partial charge in [0.25, 0.3) is 0 Å². The standard InChI is InChI=1S/C22H26O2S/c23-25(24,21(15-7-1-8-16-21)19-11-3-4-12-19)22(17-9-2-10-18-22)20-13-5-6-14-20/h1-2,7-11,13,15,17H,3-6,12,14,16,18H2. The van der Waals surface area contributed by atoms with Crippen LogP contribution in [0, 0.1) is 0 Å². The van der Waals surface area contributed by atoms with E-state index in [1.54, 1.807) is 0 Å². The number of sulfone groups is 1. The summed E-state index contributed by atoms with van der Waals surface area (Å²) in [6.45, 7) is 0. The van der Waals surface area contributed by atoms with Crippen molar-refractivity contribution >= 4 is 9.84 Å². The van der Waals surface area contributed by atoms with Gasteiger partial charge in [-0.2, -0.15) is 0 Å². The highest BCUT2D eigenvalue weighted by atomic mass is 32.2. The highest BCUT2D eigenvalue weighted by molar-refractivity contribution is 7.95. The van der Waals surface area contributed by atoms with Crippen LogP contribution in [0.1, 0.15) is 51.4 Å². The van der Waals surface area contributed by atoms with Gasteiger partial charge in [-0.1, -0.05) is 60.8 Å². The van der Waals surface area contributed by atoms with Crippen LogP contribution in [0.25, 0.3) is 0 Å². The van der Waals surface area contributed by atoms with Crippen molar-refractivity contribution in [3.05, 3.63) is 71.9 Å². The molecule has 0 bridgehead atoms. The molecule has 0 N–H and O–H groups in total. The lowest BCUT2D eigenvalue weighted by Crippen LogP contribution is -2.52. The molecular weight excluding hydrogens is 328 g/mol. The average molecular weight is 355 g/mol. The topological polar surface area (TPSA) is 34.1 Å². The van der Waals surface area contributed by atoms with E-state index in [1.807, 2.05) is 48.6 Å². The second kappa shape index (κ2) is 6.28. The van der Waals surface area contributed by atoms with Crippen LogP contribution in [0.2, 0.25) is 0 Å². The number of hydrogen-bond acceptors (Lipinski definition) is 2. The van der Waals surface area contributed by atoms with Gasteiger partial charge in [-0.3, -0.25) is 0 Å². The maximum absolute atomic E-state index is 14.3. The van der Waals surface area contributed by atoms with Crippen LogP contribution in [0.15, 0.2) is 71.9 Å². The van der Waals surface area contributed by atoms with Gasteiger partial charge < -0.3 is 0 Å². The third-order valence-electron chi connectivity index (χ3n) is 6.20. The molecule has 4 aliphatic rings. The van der Waals surface area contributed by atoms with Crippen molar-refractivity contribution in [1.82, 2.24) is 0 Å². The van der Waals surface area contributed by atoms with Crippen molar-refractivity contribution < 1.29 is 8.42 Å². The van der Waals surface area contributed by atoms with E-state index in [0.29, 0.717) is 12.8 Å². The smallest absolute Gasteiger partial charge is 0.177 e. The molecule has 25 heavy (non-hydrogen) atoms. The Kier molecular flexibility index (Phi) is 4.23. The highest BCUT2D eigenvalue weighted by Crippen LogP contribution is 2.51. The third kappa shape index (κ3) is 2.39. The van der Waals surface area contributed by atoms with E-state index in [1.165, 1.54) is 0 Å². The predicted molar refractivity (Wildman–Crippen MR) is 104 cm³/mol. The summed E-state index contributed by atoms with van der Waals surface area (Å²) in [5.41, 5.74) is 2.21. The van der Waals surface area contributed by atoms with Gasteiger partial charge in [-0.05, 0) is 62.5 Å². The van der Waals surface area contributed by atoms with Crippen molar-refractivity contribution in [1.29, 1.82) is 0 Å². The molecule has 3 heteroatoms. The Hall–Kier alpha value is -1.61. The maximum atomic E-state index is 14.3. The molecular formula is C22H26O2S. The quantitative estimate of drug-likeness (QED) is 0.656. The first-order valence-corrected chi connectivity index (χ1v) is 10.9. The van der Waals surface area contributed by atoms with Gasteiger partial charge in [-0.15, -0.1) is 0 Å². The molecule has 2 unspecified atom stereocenters. The highest BCUT2D eigenvalue weighted by Gasteiger charge is 2.56. The third-order valence-corrected chi connectivity index (χ3v) is 9.24. The van der Waals surface area contributed by atoms with E-state index in [4.69, 9.17) is 0 Å². The van der Waals surface area contributed by atoms with Gasteiger partial charge in [0.2, 0.25) is 0 Å². The number of rotatable bonds is 4. The Bertz CT molecular complexity index is 771. The Morgan fingerprint density at radius 3 is 1.52 bits per heavy atom. The molecule has 0 saturated carbocycles. The van der Waals surface area contributed by atoms with E-state index in [9.17, 15) is 8.42 Å². The summed E-state index contributed by atoms with van der Waals surface area (Å²) in [7, 11) is -3.49. The van der Waals surface area contributed by atoms with Gasteiger partial charge in [0, 0.05) is 0 Å². The molecule has 4 rings (SSSR count). The molecule has 132 valence electrons. The lowest BCUT2D eigenvalue weighted by molar-refractivity contribution is 0.535. The molecule has 0 fully saturated rings. The molecule has 2 atom stereocenters. The zero-order valence-electron chi connectivity index (χ0n) is 14.7. The average Bonchev–Trinajstić information content (AvgIpc) is 3.37. The SMILES string of the molecule is O=S(=O)(C1(C2=CCCC2)C=CC=CC1)C1(C2=CCCC2)C=CC=CC1. The molecule has 0 amide bonds. The first-order chi connectivity index (χ1) is 12.1. The Morgan fingerprint density at radius 1 is 0.720 bits per heavy atom. The number of allylic oxidation sites excluding steroid dienone is 8. The molecule has 0 saturated heterocycles. The van der Waals surface area contributed by atoms with Crippen LogP contribution >= 0.6 is 0 Å². The molecule has 0 aromatic carbocycles. The molecule has 0 aromatic rings. The Balaban J connectivity index is 1.90. The Morgan fingerprint density at radius 2 is 1.20 bits per heavy atom. The van der Waals surface area contributed by atoms with Crippen molar-refractivity contribution in [2.75, 3.05) is 0 Å². The van der Waals surface area contributed by atoms with Gasteiger partial charge in [0.05, 0.1) is 0 Å². The lowest BCUT2D eigenvalue weighted by Gasteiger charge is -2.43. The van der Waals surface area contributed by atoms with E-state index >= 15 is 0 Å². The minimum Gasteiger partial charge on any atom is -0.226 e. The molecule has 2 nitrogen and oxygen atoms in total. The monoisotopic (exact) mass is 354 g/mol. The minimum atomic E-state index is -3.49. The van der Waals surface area contributed by atoms with Crippen molar-refractivity contribution in [3.8, 4) is 0 Å². The summed E-state index contributed by atoms with van der Waals surface area (Å²) in [5, 5.41) is 0. The summed E-state index contributed by atoms with van der Waals surface area (Å²) in [6.07, 6.45) is 27.2. The minimum absolute atomic E-state index is 0.560. The lowest BCUT2D eigenvalue weighted by atomic mass is 9.89. The molecule has 0 aliphatic heterocycles. The van der Waals surface area contributed by atoms with Crippen molar-refractivity contribution in [2.45, 2.75) is 60.9 Å². The van der Waals surface area contributed by atoms with Gasteiger partial charge in [0.1, 0.15) is 9.49 Å². The van der Waals surface area contributed by atoms with Gasteiger partial charge >= 0.3 is 0 Å². The first kappa shape index (κ1) is 16.8.